The molecule has 23 heavy (non-hydrogen) atoms. The number of hydrogen-bond acceptors (Lipinski definition) is 4. The Labute approximate surface area is 136 Å². The predicted molar refractivity (Wildman–Crippen MR) is 90.7 cm³/mol. The summed E-state index contributed by atoms with van der Waals surface area (Å²) in [6.07, 6.45) is 5.41. The van der Waals surface area contributed by atoms with E-state index in [4.69, 9.17) is 0 Å². The maximum Gasteiger partial charge on any atom is 0.275 e. The van der Waals surface area contributed by atoms with Gasteiger partial charge in [0.1, 0.15) is 11.3 Å². The van der Waals surface area contributed by atoms with Crippen molar-refractivity contribution in [3.05, 3.63) is 71.4 Å². The lowest BCUT2D eigenvalue weighted by Crippen LogP contribution is -2.11. The van der Waals surface area contributed by atoms with E-state index in [1.54, 1.807) is 12.4 Å². The molecule has 4 rings (SSSR count). The molecule has 0 bridgehead atoms. The molecule has 0 spiro atoms. The standard InChI is InChI=1S/C17H12N4OS/c22-17(19-13-6-8-23-11-13)15-10-21-9-12(4-5-16(21)20-15)14-3-1-2-7-18-14/h1-11H,(H,19,22). The first-order chi connectivity index (χ1) is 11.3. The minimum absolute atomic E-state index is 0.216. The first kappa shape index (κ1) is 13.7. The number of anilines is 1. The summed E-state index contributed by atoms with van der Waals surface area (Å²) in [5.41, 5.74) is 3.74. The quantitative estimate of drug-likeness (QED) is 0.626. The van der Waals surface area contributed by atoms with Gasteiger partial charge >= 0.3 is 0 Å². The number of carbonyl (C=O) groups excluding carboxylic acids is 1. The summed E-state index contributed by atoms with van der Waals surface area (Å²) in [5, 5.41) is 6.63. The molecule has 0 aliphatic heterocycles. The lowest BCUT2D eigenvalue weighted by Gasteiger charge is -2.00. The first-order valence-electron chi connectivity index (χ1n) is 7.03. The molecule has 0 atom stereocenters. The van der Waals surface area contributed by atoms with Gasteiger partial charge in [0.2, 0.25) is 0 Å². The summed E-state index contributed by atoms with van der Waals surface area (Å²) in [4.78, 5) is 20.9. The van der Waals surface area contributed by atoms with Crippen molar-refractivity contribution in [2.75, 3.05) is 5.32 Å². The Hall–Kier alpha value is -2.99. The number of amides is 1. The van der Waals surface area contributed by atoms with Crippen LogP contribution in [0.1, 0.15) is 10.5 Å². The second-order valence-electron chi connectivity index (χ2n) is 4.99. The average Bonchev–Trinajstić information content (AvgIpc) is 3.24. The second kappa shape index (κ2) is 5.66. The minimum Gasteiger partial charge on any atom is -0.320 e. The maximum absolute atomic E-state index is 12.2. The molecule has 4 heterocycles. The van der Waals surface area contributed by atoms with Crippen LogP contribution >= 0.6 is 11.3 Å². The van der Waals surface area contributed by atoms with Crippen molar-refractivity contribution in [2.45, 2.75) is 0 Å². The highest BCUT2D eigenvalue weighted by Gasteiger charge is 2.12. The van der Waals surface area contributed by atoms with Gasteiger partial charge in [0.15, 0.2) is 0 Å². The molecule has 0 unspecified atom stereocenters. The fourth-order valence-corrected chi connectivity index (χ4v) is 2.90. The monoisotopic (exact) mass is 320 g/mol. The Morgan fingerprint density at radius 3 is 2.87 bits per heavy atom. The first-order valence-corrected chi connectivity index (χ1v) is 7.97. The molecule has 4 aromatic rings. The Morgan fingerprint density at radius 2 is 2.09 bits per heavy atom. The van der Waals surface area contributed by atoms with Crippen molar-refractivity contribution >= 4 is 28.6 Å². The van der Waals surface area contributed by atoms with Gasteiger partial charge in [-0.2, -0.15) is 11.3 Å². The van der Waals surface area contributed by atoms with Crippen LogP contribution in [-0.4, -0.2) is 20.3 Å². The van der Waals surface area contributed by atoms with Crippen molar-refractivity contribution in [3.8, 4) is 11.3 Å². The van der Waals surface area contributed by atoms with Gasteiger partial charge in [0.05, 0.1) is 11.4 Å². The number of rotatable bonds is 3. The predicted octanol–water partition coefficient (Wildman–Crippen LogP) is 3.71. The van der Waals surface area contributed by atoms with Crippen molar-refractivity contribution in [3.63, 3.8) is 0 Å². The molecule has 4 aromatic heterocycles. The maximum atomic E-state index is 12.2. The molecule has 1 amide bonds. The van der Waals surface area contributed by atoms with E-state index in [0.717, 1.165) is 22.6 Å². The van der Waals surface area contributed by atoms with Gasteiger partial charge in [-0.05, 0) is 35.7 Å². The van der Waals surface area contributed by atoms with E-state index < -0.39 is 0 Å². The van der Waals surface area contributed by atoms with Crippen LogP contribution in [0.15, 0.2) is 65.7 Å². The van der Waals surface area contributed by atoms with Gasteiger partial charge in [-0.1, -0.05) is 6.07 Å². The van der Waals surface area contributed by atoms with Crippen LogP contribution in [0.3, 0.4) is 0 Å². The highest BCUT2D eigenvalue weighted by Crippen LogP contribution is 2.18. The lowest BCUT2D eigenvalue weighted by atomic mass is 10.2. The highest BCUT2D eigenvalue weighted by molar-refractivity contribution is 7.08. The number of fused-ring (bicyclic) bond motifs is 1. The third-order valence-electron chi connectivity index (χ3n) is 3.42. The number of thiophene rings is 1. The zero-order valence-corrected chi connectivity index (χ0v) is 12.8. The van der Waals surface area contributed by atoms with E-state index in [9.17, 15) is 4.79 Å². The zero-order chi connectivity index (χ0) is 15.6. The number of aromatic nitrogens is 3. The summed E-state index contributed by atoms with van der Waals surface area (Å²) < 4.78 is 1.84. The Bertz CT molecular complexity index is 961. The van der Waals surface area contributed by atoms with Gasteiger partial charge in [0.25, 0.3) is 5.91 Å². The largest absolute Gasteiger partial charge is 0.320 e. The number of hydrogen-bond donors (Lipinski definition) is 1. The molecule has 112 valence electrons. The Morgan fingerprint density at radius 1 is 1.13 bits per heavy atom. The number of nitrogens with one attached hydrogen (secondary N) is 1. The fraction of sp³-hybridized carbons (Fsp3) is 0. The van der Waals surface area contributed by atoms with Gasteiger partial charge in [0, 0.05) is 29.5 Å². The van der Waals surface area contributed by atoms with Crippen LogP contribution < -0.4 is 5.32 Å². The Balaban J connectivity index is 1.67. The normalized spacial score (nSPS) is 10.8. The summed E-state index contributed by atoms with van der Waals surface area (Å²) in [6.45, 7) is 0. The van der Waals surface area contributed by atoms with E-state index in [1.807, 2.05) is 57.8 Å². The van der Waals surface area contributed by atoms with E-state index in [0.29, 0.717) is 5.69 Å². The van der Waals surface area contributed by atoms with E-state index in [-0.39, 0.29) is 5.91 Å². The molecule has 0 radical (unpaired) electrons. The van der Waals surface area contributed by atoms with Crippen LogP contribution in [0.4, 0.5) is 5.69 Å². The number of imidazole rings is 1. The SMILES string of the molecule is O=C(Nc1ccsc1)c1cn2cc(-c3ccccn3)ccc2n1. The Kier molecular flexibility index (Phi) is 3.36. The second-order valence-corrected chi connectivity index (χ2v) is 5.77. The van der Waals surface area contributed by atoms with Crippen LogP contribution in [-0.2, 0) is 0 Å². The van der Waals surface area contributed by atoms with Crippen molar-refractivity contribution in [1.29, 1.82) is 0 Å². The third-order valence-corrected chi connectivity index (χ3v) is 4.11. The number of carbonyl (C=O) groups is 1. The molecular formula is C17H12N4OS. The van der Waals surface area contributed by atoms with Crippen molar-refractivity contribution in [1.82, 2.24) is 14.4 Å². The topological polar surface area (TPSA) is 59.3 Å². The summed E-state index contributed by atoms with van der Waals surface area (Å²) in [7, 11) is 0. The van der Waals surface area contributed by atoms with E-state index >= 15 is 0 Å². The molecule has 0 saturated carbocycles. The van der Waals surface area contributed by atoms with E-state index in [1.165, 1.54) is 11.3 Å². The van der Waals surface area contributed by atoms with E-state index in [2.05, 4.69) is 15.3 Å². The molecule has 0 aromatic carbocycles. The molecular weight excluding hydrogens is 308 g/mol. The van der Waals surface area contributed by atoms with Crippen LogP contribution in [0.2, 0.25) is 0 Å². The minimum atomic E-state index is -0.216. The number of nitrogens with zero attached hydrogens (tertiary/aromatic N) is 3. The van der Waals surface area contributed by atoms with Crippen LogP contribution in [0, 0.1) is 0 Å². The zero-order valence-electron chi connectivity index (χ0n) is 12.0. The average molecular weight is 320 g/mol. The molecule has 1 N–H and O–H groups in total. The lowest BCUT2D eigenvalue weighted by molar-refractivity contribution is 0.102. The summed E-state index contributed by atoms with van der Waals surface area (Å²) >= 11 is 1.53. The van der Waals surface area contributed by atoms with Gasteiger partial charge in [-0.15, -0.1) is 0 Å². The molecule has 6 heteroatoms. The molecule has 0 saturated heterocycles. The van der Waals surface area contributed by atoms with Crippen LogP contribution in [0.25, 0.3) is 16.9 Å². The molecule has 5 nitrogen and oxygen atoms in total. The molecule has 0 aliphatic rings. The van der Waals surface area contributed by atoms with Gasteiger partial charge in [-0.25, -0.2) is 4.98 Å². The summed E-state index contributed by atoms with van der Waals surface area (Å²) in [5.74, 6) is -0.216. The molecule has 0 aliphatic carbocycles. The highest BCUT2D eigenvalue weighted by atomic mass is 32.1. The third kappa shape index (κ3) is 2.72. The smallest absolute Gasteiger partial charge is 0.275 e. The van der Waals surface area contributed by atoms with Crippen molar-refractivity contribution in [2.24, 2.45) is 0 Å². The molecule has 0 fully saturated rings. The van der Waals surface area contributed by atoms with Crippen LogP contribution in [0.5, 0.6) is 0 Å². The van der Waals surface area contributed by atoms with Gasteiger partial charge in [-0.3, -0.25) is 9.78 Å². The van der Waals surface area contributed by atoms with Crippen molar-refractivity contribution < 1.29 is 4.79 Å². The summed E-state index contributed by atoms with van der Waals surface area (Å²) in [6, 6.07) is 11.5. The van der Waals surface area contributed by atoms with Gasteiger partial charge < -0.3 is 9.72 Å². The number of pyridine rings is 2. The fourth-order valence-electron chi connectivity index (χ4n) is 2.32.